The highest BCUT2D eigenvalue weighted by molar-refractivity contribution is 6.21. The number of benzene rings is 2. The van der Waals surface area contributed by atoms with E-state index in [1.165, 1.54) is 33.0 Å². The van der Waals surface area contributed by atoms with Gasteiger partial charge in [-0.25, -0.2) is 0 Å². The first kappa shape index (κ1) is 15.4. The maximum absolute atomic E-state index is 5.71. The van der Waals surface area contributed by atoms with Crippen molar-refractivity contribution in [3.63, 3.8) is 0 Å². The van der Waals surface area contributed by atoms with Gasteiger partial charge in [-0.3, -0.25) is 0 Å². The van der Waals surface area contributed by atoms with Crippen LogP contribution in [0.5, 0.6) is 0 Å². The second-order valence-corrected chi connectivity index (χ2v) is 7.21. The molecule has 5 aromatic rings. The third-order valence-corrected chi connectivity index (χ3v) is 5.59. The van der Waals surface area contributed by atoms with Crippen LogP contribution in [0, 0.1) is 13.8 Å². The fraction of sp³-hybridized carbons (Fsp3) is 0.0833. The molecule has 4 nitrogen and oxygen atoms in total. The first-order chi connectivity index (χ1) is 13.7. The molecule has 0 fully saturated rings. The minimum absolute atomic E-state index is 0.719. The number of fused-ring (bicyclic) bond motifs is 3. The van der Waals surface area contributed by atoms with E-state index in [9.17, 15) is 0 Å². The SMILES string of the molecule is Cc1ccc2ccc(C)c3c2c1-c1c(-c2ccco2)nnc(-c2ccco2)c1-3. The van der Waals surface area contributed by atoms with Crippen molar-refractivity contribution in [2.24, 2.45) is 0 Å². The third-order valence-electron chi connectivity index (χ3n) is 5.59. The highest BCUT2D eigenvalue weighted by Gasteiger charge is 2.33. The zero-order valence-electron chi connectivity index (χ0n) is 15.5. The minimum Gasteiger partial charge on any atom is -0.463 e. The zero-order valence-corrected chi connectivity index (χ0v) is 15.5. The average Bonchev–Trinajstić information content (AvgIpc) is 3.46. The molecule has 0 bridgehead atoms. The van der Waals surface area contributed by atoms with E-state index >= 15 is 0 Å². The molecule has 1 aliphatic carbocycles. The Morgan fingerprint density at radius 2 is 1.11 bits per heavy atom. The Kier molecular flexibility index (Phi) is 2.98. The van der Waals surface area contributed by atoms with Gasteiger partial charge in [0.15, 0.2) is 11.5 Å². The van der Waals surface area contributed by atoms with Crippen molar-refractivity contribution in [3.05, 3.63) is 72.2 Å². The first-order valence-electron chi connectivity index (χ1n) is 9.26. The summed E-state index contributed by atoms with van der Waals surface area (Å²) in [6.45, 7) is 4.30. The molecular formula is C24H16N2O2. The van der Waals surface area contributed by atoms with Crippen LogP contribution in [-0.4, -0.2) is 10.2 Å². The van der Waals surface area contributed by atoms with Gasteiger partial charge < -0.3 is 8.83 Å². The van der Waals surface area contributed by atoms with Gasteiger partial charge in [0.1, 0.15) is 11.4 Å². The van der Waals surface area contributed by atoms with Gasteiger partial charge in [-0.15, -0.1) is 10.2 Å². The predicted octanol–water partition coefficient (Wildman–Crippen LogP) is 6.41. The molecule has 2 aromatic carbocycles. The molecule has 0 N–H and O–H groups in total. The molecular weight excluding hydrogens is 348 g/mol. The molecule has 0 saturated heterocycles. The molecule has 134 valence electrons. The van der Waals surface area contributed by atoms with E-state index in [1.54, 1.807) is 12.5 Å². The van der Waals surface area contributed by atoms with Crippen LogP contribution in [-0.2, 0) is 0 Å². The van der Waals surface area contributed by atoms with Crippen molar-refractivity contribution < 1.29 is 8.83 Å². The lowest BCUT2D eigenvalue weighted by Gasteiger charge is -2.11. The molecule has 0 spiro atoms. The minimum atomic E-state index is 0.719. The summed E-state index contributed by atoms with van der Waals surface area (Å²) in [5, 5.41) is 11.6. The summed E-state index contributed by atoms with van der Waals surface area (Å²) < 4.78 is 11.4. The largest absolute Gasteiger partial charge is 0.463 e. The monoisotopic (exact) mass is 364 g/mol. The molecule has 3 heterocycles. The van der Waals surface area contributed by atoms with Crippen LogP contribution in [0.25, 0.3) is 55.9 Å². The summed E-state index contributed by atoms with van der Waals surface area (Å²) in [4.78, 5) is 0. The molecule has 0 unspecified atom stereocenters. The van der Waals surface area contributed by atoms with Gasteiger partial charge in [-0.2, -0.15) is 0 Å². The Morgan fingerprint density at radius 3 is 1.54 bits per heavy atom. The van der Waals surface area contributed by atoms with Crippen LogP contribution in [0.1, 0.15) is 11.1 Å². The number of aryl methyl sites for hydroxylation is 2. The second kappa shape index (κ2) is 5.42. The molecule has 1 aliphatic rings. The van der Waals surface area contributed by atoms with E-state index < -0.39 is 0 Å². The van der Waals surface area contributed by atoms with Gasteiger partial charge in [0.25, 0.3) is 0 Å². The van der Waals surface area contributed by atoms with Gasteiger partial charge in [-0.05, 0) is 71.1 Å². The van der Waals surface area contributed by atoms with Gasteiger partial charge in [0.2, 0.25) is 0 Å². The topological polar surface area (TPSA) is 52.1 Å². The summed E-state index contributed by atoms with van der Waals surface area (Å²) in [6.07, 6.45) is 3.34. The van der Waals surface area contributed by atoms with Gasteiger partial charge in [0.05, 0.1) is 12.5 Å². The quantitative estimate of drug-likeness (QED) is 0.356. The van der Waals surface area contributed by atoms with Crippen LogP contribution >= 0.6 is 0 Å². The van der Waals surface area contributed by atoms with Crippen molar-refractivity contribution >= 4 is 10.8 Å². The number of hydrogen-bond acceptors (Lipinski definition) is 4. The van der Waals surface area contributed by atoms with Crippen molar-refractivity contribution in [1.29, 1.82) is 0 Å². The second-order valence-electron chi connectivity index (χ2n) is 7.21. The molecule has 0 saturated carbocycles. The number of aromatic nitrogens is 2. The molecule has 0 radical (unpaired) electrons. The van der Waals surface area contributed by atoms with E-state index in [0.717, 1.165) is 34.0 Å². The van der Waals surface area contributed by atoms with Crippen LogP contribution < -0.4 is 0 Å². The van der Waals surface area contributed by atoms with Crippen LogP contribution in [0.4, 0.5) is 0 Å². The molecule has 6 rings (SSSR count). The van der Waals surface area contributed by atoms with E-state index in [-0.39, 0.29) is 0 Å². The number of rotatable bonds is 2. The number of furan rings is 2. The van der Waals surface area contributed by atoms with Crippen LogP contribution in [0.15, 0.2) is 69.9 Å². The fourth-order valence-corrected chi connectivity index (χ4v) is 4.37. The van der Waals surface area contributed by atoms with Crippen molar-refractivity contribution in [2.45, 2.75) is 13.8 Å². The number of hydrogen-bond donors (Lipinski definition) is 0. The first-order valence-corrected chi connectivity index (χ1v) is 9.26. The third kappa shape index (κ3) is 1.89. The van der Waals surface area contributed by atoms with Crippen molar-refractivity contribution in [1.82, 2.24) is 10.2 Å². The van der Waals surface area contributed by atoms with Gasteiger partial charge >= 0.3 is 0 Å². The lowest BCUT2D eigenvalue weighted by atomic mass is 9.96. The molecule has 0 atom stereocenters. The normalized spacial score (nSPS) is 11.9. The maximum atomic E-state index is 5.71. The summed E-state index contributed by atoms with van der Waals surface area (Å²) in [5.41, 5.74) is 8.52. The van der Waals surface area contributed by atoms with E-state index in [1.807, 2.05) is 24.3 Å². The average molecular weight is 364 g/mol. The van der Waals surface area contributed by atoms with E-state index in [4.69, 9.17) is 8.83 Å². The Labute approximate surface area is 161 Å². The summed E-state index contributed by atoms with van der Waals surface area (Å²) in [5.74, 6) is 1.44. The highest BCUT2D eigenvalue weighted by Crippen LogP contribution is 2.55. The van der Waals surface area contributed by atoms with Crippen molar-refractivity contribution in [3.8, 4) is 45.2 Å². The van der Waals surface area contributed by atoms with Crippen molar-refractivity contribution in [2.75, 3.05) is 0 Å². The Bertz CT molecular complexity index is 1260. The molecule has 28 heavy (non-hydrogen) atoms. The molecule has 0 amide bonds. The van der Waals surface area contributed by atoms with E-state index in [2.05, 4.69) is 48.3 Å². The lowest BCUT2D eigenvalue weighted by molar-refractivity contribution is 0.575. The smallest absolute Gasteiger partial charge is 0.154 e. The van der Waals surface area contributed by atoms with Crippen LogP contribution in [0.2, 0.25) is 0 Å². The summed E-state index contributed by atoms with van der Waals surface area (Å²) in [7, 11) is 0. The lowest BCUT2D eigenvalue weighted by Crippen LogP contribution is -1.97. The fourth-order valence-electron chi connectivity index (χ4n) is 4.37. The molecule has 4 heteroatoms. The summed E-state index contributed by atoms with van der Waals surface area (Å²) >= 11 is 0. The number of nitrogens with zero attached hydrogens (tertiary/aromatic N) is 2. The van der Waals surface area contributed by atoms with Gasteiger partial charge in [-0.1, -0.05) is 24.3 Å². The molecule has 0 aliphatic heterocycles. The van der Waals surface area contributed by atoms with E-state index in [0.29, 0.717) is 0 Å². The Balaban J connectivity index is 1.85. The Morgan fingerprint density at radius 1 is 0.607 bits per heavy atom. The maximum Gasteiger partial charge on any atom is 0.154 e. The van der Waals surface area contributed by atoms with Crippen LogP contribution in [0.3, 0.4) is 0 Å². The zero-order chi connectivity index (χ0) is 18.8. The summed E-state index contributed by atoms with van der Waals surface area (Å²) in [6, 6.07) is 16.3. The highest BCUT2D eigenvalue weighted by atomic mass is 16.3. The van der Waals surface area contributed by atoms with Gasteiger partial charge in [0, 0.05) is 11.1 Å². The predicted molar refractivity (Wildman–Crippen MR) is 109 cm³/mol. The Hall–Kier alpha value is -3.66. The molecule has 3 aromatic heterocycles. The standard InChI is InChI=1S/C24H16N2O2/c1-13-7-9-15-10-8-14(2)19-20(15)18(13)21-22(19)24(17-6-4-12-28-17)26-25-23(21)16-5-3-11-27-16/h3-12H,1-2H3.